The predicted octanol–water partition coefficient (Wildman–Crippen LogP) is 1.80. The molecule has 0 saturated carbocycles. The smallest absolute Gasteiger partial charge is 0.161 e. The molecule has 0 unspecified atom stereocenters. The number of terminal acetylenes is 3. The van der Waals surface area contributed by atoms with Gasteiger partial charge in [-0.2, -0.15) is 0 Å². The summed E-state index contributed by atoms with van der Waals surface area (Å²) in [5, 5.41) is 0. The van der Waals surface area contributed by atoms with Gasteiger partial charge in [0.05, 0.1) is 27.3 Å². The van der Waals surface area contributed by atoms with E-state index in [1.54, 1.807) is 20.3 Å². The molecule has 1 aromatic carbocycles. The van der Waals surface area contributed by atoms with Crippen LogP contribution in [0, 0.1) is 37.0 Å². The Kier molecular flexibility index (Phi) is 6.76. The SMILES string of the molecule is C#CCN(CC#C)CCc1cc(OC)c(OC)cc1C#C. The molecule has 0 N–H and O–H groups in total. The van der Waals surface area contributed by atoms with Gasteiger partial charge in [-0.15, -0.1) is 19.3 Å². The van der Waals surface area contributed by atoms with Gasteiger partial charge >= 0.3 is 0 Å². The summed E-state index contributed by atoms with van der Waals surface area (Å²) < 4.78 is 10.6. The van der Waals surface area contributed by atoms with Crippen LogP contribution in [-0.2, 0) is 6.42 Å². The largest absolute Gasteiger partial charge is 0.493 e. The van der Waals surface area contributed by atoms with Crippen LogP contribution in [0.1, 0.15) is 11.1 Å². The first-order chi connectivity index (χ1) is 10.2. The molecule has 0 radical (unpaired) electrons. The van der Waals surface area contributed by atoms with E-state index in [2.05, 4.69) is 17.8 Å². The number of methoxy groups -OCH3 is 2. The minimum absolute atomic E-state index is 0.517. The van der Waals surface area contributed by atoms with Gasteiger partial charge in [0.2, 0.25) is 0 Å². The Morgan fingerprint density at radius 2 is 1.57 bits per heavy atom. The number of ether oxygens (including phenoxy) is 2. The molecule has 0 atom stereocenters. The molecule has 0 heterocycles. The molecule has 1 aromatic rings. The summed E-state index contributed by atoms with van der Waals surface area (Å²) in [6.07, 6.45) is 17.0. The van der Waals surface area contributed by atoms with E-state index in [4.69, 9.17) is 28.7 Å². The van der Waals surface area contributed by atoms with Gasteiger partial charge in [0.1, 0.15) is 0 Å². The van der Waals surface area contributed by atoms with Crippen LogP contribution in [0.3, 0.4) is 0 Å². The van der Waals surface area contributed by atoms with Crippen molar-refractivity contribution in [3.63, 3.8) is 0 Å². The minimum atomic E-state index is 0.517. The summed E-state index contributed by atoms with van der Waals surface area (Å²) in [6, 6.07) is 3.71. The van der Waals surface area contributed by atoms with Crippen molar-refractivity contribution in [2.45, 2.75) is 6.42 Å². The molecule has 0 aromatic heterocycles. The van der Waals surface area contributed by atoms with Crippen molar-refractivity contribution in [1.29, 1.82) is 0 Å². The van der Waals surface area contributed by atoms with E-state index < -0.39 is 0 Å². The summed E-state index contributed by atoms with van der Waals surface area (Å²) in [5.41, 5.74) is 1.79. The Morgan fingerprint density at radius 1 is 1.00 bits per heavy atom. The van der Waals surface area contributed by atoms with E-state index in [0.29, 0.717) is 24.6 Å². The molecule has 3 heteroatoms. The van der Waals surface area contributed by atoms with E-state index in [1.165, 1.54) is 0 Å². The Labute approximate surface area is 127 Å². The third kappa shape index (κ3) is 4.50. The van der Waals surface area contributed by atoms with Crippen molar-refractivity contribution in [3.05, 3.63) is 23.3 Å². The standard InChI is InChI=1S/C18H19NO2/c1-6-10-19(11-7-2)12-9-16-14-18(21-5)17(20-4)13-15(16)8-3/h1-3,13-14H,9-12H2,4-5H3. The molecule has 0 saturated heterocycles. The van der Waals surface area contributed by atoms with E-state index >= 15 is 0 Å². The van der Waals surface area contributed by atoms with Crippen LogP contribution in [0.25, 0.3) is 0 Å². The van der Waals surface area contributed by atoms with Gasteiger partial charge in [-0.3, -0.25) is 4.90 Å². The molecule has 1 rings (SSSR count). The average molecular weight is 281 g/mol. The van der Waals surface area contributed by atoms with Gasteiger partial charge in [-0.1, -0.05) is 17.8 Å². The second kappa shape index (κ2) is 8.60. The number of hydrogen-bond donors (Lipinski definition) is 0. The zero-order valence-corrected chi connectivity index (χ0v) is 12.5. The fourth-order valence-electron chi connectivity index (χ4n) is 2.01. The number of rotatable bonds is 7. The predicted molar refractivity (Wildman–Crippen MR) is 85.3 cm³/mol. The highest BCUT2D eigenvalue weighted by Crippen LogP contribution is 2.30. The molecule has 21 heavy (non-hydrogen) atoms. The highest BCUT2D eigenvalue weighted by molar-refractivity contribution is 5.52. The van der Waals surface area contributed by atoms with Crippen molar-refractivity contribution >= 4 is 0 Å². The second-order valence-electron chi connectivity index (χ2n) is 4.38. The maximum atomic E-state index is 5.56. The summed E-state index contributed by atoms with van der Waals surface area (Å²) in [5.74, 6) is 9.16. The lowest BCUT2D eigenvalue weighted by Crippen LogP contribution is -2.27. The van der Waals surface area contributed by atoms with Crippen molar-refractivity contribution in [2.75, 3.05) is 33.9 Å². The highest BCUT2D eigenvalue weighted by atomic mass is 16.5. The molecular weight excluding hydrogens is 262 g/mol. The molecule has 0 bridgehead atoms. The van der Waals surface area contributed by atoms with Crippen molar-refractivity contribution < 1.29 is 9.47 Å². The van der Waals surface area contributed by atoms with Gasteiger partial charge in [-0.05, 0) is 24.1 Å². The van der Waals surface area contributed by atoms with E-state index in [9.17, 15) is 0 Å². The van der Waals surface area contributed by atoms with E-state index in [1.807, 2.05) is 11.0 Å². The average Bonchev–Trinajstić information content (AvgIpc) is 2.52. The Morgan fingerprint density at radius 3 is 2.05 bits per heavy atom. The normalized spacial score (nSPS) is 9.52. The highest BCUT2D eigenvalue weighted by Gasteiger charge is 2.11. The summed E-state index contributed by atoms with van der Waals surface area (Å²) >= 11 is 0. The van der Waals surface area contributed by atoms with Crippen LogP contribution in [0.2, 0.25) is 0 Å². The maximum absolute atomic E-state index is 5.56. The third-order valence-electron chi connectivity index (χ3n) is 3.09. The van der Waals surface area contributed by atoms with Gasteiger partial charge in [0, 0.05) is 12.1 Å². The van der Waals surface area contributed by atoms with Crippen LogP contribution in [0.15, 0.2) is 12.1 Å². The van der Waals surface area contributed by atoms with Gasteiger partial charge < -0.3 is 9.47 Å². The topological polar surface area (TPSA) is 21.7 Å². The van der Waals surface area contributed by atoms with E-state index in [0.717, 1.165) is 24.1 Å². The molecule has 108 valence electrons. The first kappa shape index (κ1) is 16.5. The molecule has 0 spiro atoms. The molecule has 0 aliphatic heterocycles. The molecule has 0 aliphatic carbocycles. The number of hydrogen-bond acceptors (Lipinski definition) is 3. The zero-order valence-electron chi connectivity index (χ0n) is 12.5. The summed E-state index contributed by atoms with van der Waals surface area (Å²) in [6.45, 7) is 1.77. The van der Waals surface area contributed by atoms with Crippen LogP contribution < -0.4 is 9.47 Å². The summed E-state index contributed by atoms with van der Waals surface area (Å²) in [7, 11) is 3.18. The lowest BCUT2D eigenvalue weighted by atomic mass is 10.0. The Bertz CT molecular complexity index is 583. The van der Waals surface area contributed by atoms with Gasteiger partial charge in [-0.25, -0.2) is 0 Å². The third-order valence-corrected chi connectivity index (χ3v) is 3.09. The molecule has 3 nitrogen and oxygen atoms in total. The van der Waals surface area contributed by atoms with Crippen LogP contribution in [0.5, 0.6) is 11.5 Å². The number of benzene rings is 1. The van der Waals surface area contributed by atoms with Gasteiger partial charge in [0.15, 0.2) is 11.5 Å². The Hall–Kier alpha value is -2.54. The maximum Gasteiger partial charge on any atom is 0.161 e. The zero-order chi connectivity index (χ0) is 15.7. The summed E-state index contributed by atoms with van der Waals surface area (Å²) in [4.78, 5) is 2.01. The van der Waals surface area contributed by atoms with Gasteiger partial charge in [0.25, 0.3) is 0 Å². The Balaban J connectivity index is 2.95. The second-order valence-corrected chi connectivity index (χ2v) is 4.38. The lowest BCUT2D eigenvalue weighted by molar-refractivity contribution is 0.346. The molecule has 0 aliphatic rings. The quantitative estimate of drug-likeness (QED) is 0.711. The minimum Gasteiger partial charge on any atom is -0.493 e. The van der Waals surface area contributed by atoms with E-state index in [-0.39, 0.29) is 0 Å². The van der Waals surface area contributed by atoms with Crippen molar-refractivity contribution in [1.82, 2.24) is 4.90 Å². The first-order valence-corrected chi connectivity index (χ1v) is 6.50. The first-order valence-electron chi connectivity index (χ1n) is 6.50. The molecular formula is C18H19NO2. The number of nitrogens with zero attached hydrogens (tertiary/aromatic N) is 1. The van der Waals surface area contributed by atoms with Crippen LogP contribution in [-0.4, -0.2) is 38.8 Å². The lowest BCUT2D eigenvalue weighted by Gasteiger charge is -2.18. The van der Waals surface area contributed by atoms with Crippen LogP contribution >= 0.6 is 0 Å². The monoisotopic (exact) mass is 281 g/mol. The van der Waals surface area contributed by atoms with Crippen molar-refractivity contribution in [3.8, 4) is 48.5 Å². The van der Waals surface area contributed by atoms with Crippen molar-refractivity contribution in [2.24, 2.45) is 0 Å². The molecule has 0 amide bonds. The van der Waals surface area contributed by atoms with Crippen LogP contribution in [0.4, 0.5) is 0 Å². The fraction of sp³-hybridized carbons (Fsp3) is 0.333. The fourth-order valence-corrected chi connectivity index (χ4v) is 2.01. The molecule has 0 fully saturated rings.